The quantitative estimate of drug-likeness (QED) is 0.829. The lowest BCUT2D eigenvalue weighted by atomic mass is 9.88. The summed E-state index contributed by atoms with van der Waals surface area (Å²) in [5.41, 5.74) is 4.44. The molecule has 1 N–H and O–H groups in total. The fourth-order valence-corrected chi connectivity index (χ4v) is 3.08. The van der Waals surface area contributed by atoms with Crippen LogP contribution in [0.25, 0.3) is 0 Å². The van der Waals surface area contributed by atoms with Crippen molar-refractivity contribution in [2.24, 2.45) is 5.92 Å². The Balaban J connectivity index is 2.13. The molecule has 0 aromatic heterocycles. The molecular formula is C16H23NO. The fraction of sp³-hybridized carbons (Fsp3) is 0.562. The first-order valence-corrected chi connectivity index (χ1v) is 6.89. The van der Waals surface area contributed by atoms with E-state index in [-0.39, 0.29) is 0 Å². The molecule has 0 saturated carbocycles. The van der Waals surface area contributed by atoms with Crippen LogP contribution in [0.3, 0.4) is 0 Å². The maximum absolute atomic E-state index is 12.4. The van der Waals surface area contributed by atoms with E-state index in [0.717, 1.165) is 29.8 Å². The van der Waals surface area contributed by atoms with Gasteiger partial charge in [0.15, 0.2) is 5.78 Å². The number of piperidine rings is 1. The van der Waals surface area contributed by atoms with Gasteiger partial charge in [-0.2, -0.15) is 0 Å². The van der Waals surface area contributed by atoms with Crippen LogP contribution in [-0.4, -0.2) is 18.9 Å². The van der Waals surface area contributed by atoms with Crippen molar-refractivity contribution in [3.05, 3.63) is 34.4 Å². The number of benzene rings is 1. The van der Waals surface area contributed by atoms with E-state index in [0.29, 0.717) is 18.1 Å². The van der Waals surface area contributed by atoms with E-state index in [9.17, 15) is 4.79 Å². The predicted molar refractivity (Wildman–Crippen MR) is 75.2 cm³/mol. The predicted octanol–water partition coefficient (Wildman–Crippen LogP) is 3.18. The van der Waals surface area contributed by atoms with Crippen LogP contribution in [0.5, 0.6) is 0 Å². The fourth-order valence-electron chi connectivity index (χ4n) is 3.08. The summed E-state index contributed by atoms with van der Waals surface area (Å²) in [4.78, 5) is 12.4. The van der Waals surface area contributed by atoms with Crippen molar-refractivity contribution in [1.29, 1.82) is 0 Å². The summed E-state index contributed by atoms with van der Waals surface area (Å²) in [6, 6.07) is 4.22. The number of hydrogen-bond acceptors (Lipinski definition) is 2. The Bertz CT molecular complexity index is 421. The number of carbonyl (C=O) groups is 1. The zero-order valence-electron chi connectivity index (χ0n) is 11.7. The summed E-state index contributed by atoms with van der Waals surface area (Å²) in [6.07, 6.45) is 3.07. The van der Waals surface area contributed by atoms with Crippen LogP contribution in [0.2, 0.25) is 0 Å². The Morgan fingerprint density at radius 1 is 1.28 bits per heavy atom. The third kappa shape index (κ3) is 2.99. The van der Waals surface area contributed by atoms with Crippen LogP contribution in [0.15, 0.2) is 12.1 Å². The van der Waals surface area contributed by atoms with Gasteiger partial charge >= 0.3 is 0 Å². The molecule has 0 bridgehead atoms. The van der Waals surface area contributed by atoms with E-state index in [1.807, 2.05) is 13.8 Å². The summed E-state index contributed by atoms with van der Waals surface area (Å²) in [5, 5.41) is 3.38. The molecule has 2 rings (SSSR count). The molecule has 1 aromatic rings. The van der Waals surface area contributed by atoms with Gasteiger partial charge in [-0.1, -0.05) is 17.7 Å². The number of ketones is 1. The molecule has 1 fully saturated rings. The molecule has 2 nitrogen and oxygen atoms in total. The smallest absolute Gasteiger partial charge is 0.163 e. The third-order valence-corrected chi connectivity index (χ3v) is 3.83. The van der Waals surface area contributed by atoms with Gasteiger partial charge in [0.25, 0.3) is 0 Å². The van der Waals surface area contributed by atoms with Gasteiger partial charge in [0.2, 0.25) is 0 Å². The van der Waals surface area contributed by atoms with Crippen molar-refractivity contribution in [2.75, 3.05) is 13.1 Å². The minimum atomic E-state index is 0.318. The van der Waals surface area contributed by atoms with E-state index in [2.05, 4.69) is 24.4 Å². The Morgan fingerprint density at radius 2 is 1.94 bits per heavy atom. The number of hydrogen-bond donors (Lipinski definition) is 1. The van der Waals surface area contributed by atoms with Crippen molar-refractivity contribution in [3.8, 4) is 0 Å². The maximum Gasteiger partial charge on any atom is 0.163 e. The SMILES string of the molecule is Cc1cc(C)c(C(=O)CC2CCCNC2)c(C)c1. The van der Waals surface area contributed by atoms with E-state index in [1.165, 1.54) is 18.4 Å². The van der Waals surface area contributed by atoms with Gasteiger partial charge in [-0.15, -0.1) is 0 Å². The molecule has 98 valence electrons. The van der Waals surface area contributed by atoms with Crippen LogP contribution in [-0.2, 0) is 0 Å². The molecule has 1 aliphatic rings. The van der Waals surface area contributed by atoms with Crippen LogP contribution >= 0.6 is 0 Å². The van der Waals surface area contributed by atoms with Crippen molar-refractivity contribution in [3.63, 3.8) is 0 Å². The molecule has 1 saturated heterocycles. The molecule has 18 heavy (non-hydrogen) atoms. The third-order valence-electron chi connectivity index (χ3n) is 3.83. The second-order valence-electron chi connectivity index (χ2n) is 5.61. The van der Waals surface area contributed by atoms with Crippen molar-refractivity contribution < 1.29 is 4.79 Å². The van der Waals surface area contributed by atoms with Gasteiger partial charge in [0.05, 0.1) is 0 Å². The highest BCUT2D eigenvalue weighted by Gasteiger charge is 2.20. The summed E-state index contributed by atoms with van der Waals surface area (Å²) in [5.74, 6) is 0.838. The molecule has 1 heterocycles. The molecule has 1 aromatic carbocycles. The number of nitrogens with one attached hydrogen (secondary N) is 1. The average molecular weight is 245 g/mol. The van der Waals surface area contributed by atoms with Gasteiger partial charge in [0.1, 0.15) is 0 Å². The average Bonchev–Trinajstić information content (AvgIpc) is 2.28. The van der Waals surface area contributed by atoms with Crippen LogP contribution in [0.4, 0.5) is 0 Å². The Morgan fingerprint density at radius 3 is 2.50 bits per heavy atom. The first-order chi connectivity index (χ1) is 8.58. The van der Waals surface area contributed by atoms with Gasteiger partial charge in [-0.25, -0.2) is 0 Å². The highest BCUT2D eigenvalue weighted by Crippen LogP contribution is 2.22. The highest BCUT2D eigenvalue weighted by atomic mass is 16.1. The lowest BCUT2D eigenvalue weighted by Crippen LogP contribution is -2.31. The van der Waals surface area contributed by atoms with Gasteiger partial charge in [0, 0.05) is 12.0 Å². The number of rotatable bonds is 3. The molecule has 0 spiro atoms. The van der Waals surface area contributed by atoms with Crippen molar-refractivity contribution >= 4 is 5.78 Å². The summed E-state index contributed by atoms with van der Waals surface area (Å²) >= 11 is 0. The normalized spacial score (nSPS) is 19.8. The molecule has 1 unspecified atom stereocenters. The molecule has 2 heteroatoms. The summed E-state index contributed by atoms with van der Waals surface area (Å²) in [6.45, 7) is 8.28. The number of carbonyl (C=O) groups excluding carboxylic acids is 1. The second-order valence-corrected chi connectivity index (χ2v) is 5.61. The Labute approximate surface area is 110 Å². The van der Waals surface area contributed by atoms with Crippen LogP contribution in [0.1, 0.15) is 46.3 Å². The maximum atomic E-state index is 12.4. The Hall–Kier alpha value is -1.15. The van der Waals surface area contributed by atoms with Crippen molar-refractivity contribution in [1.82, 2.24) is 5.32 Å². The lowest BCUT2D eigenvalue weighted by Gasteiger charge is -2.22. The van der Waals surface area contributed by atoms with Gasteiger partial charge in [-0.05, 0) is 63.7 Å². The topological polar surface area (TPSA) is 29.1 Å². The van der Waals surface area contributed by atoms with E-state index >= 15 is 0 Å². The van der Waals surface area contributed by atoms with Gasteiger partial charge in [-0.3, -0.25) is 4.79 Å². The Kier molecular flexibility index (Phi) is 4.18. The molecule has 0 amide bonds. The number of Topliss-reactive ketones (excluding diaryl/α,β-unsaturated/α-hetero) is 1. The lowest BCUT2D eigenvalue weighted by molar-refractivity contribution is 0.0952. The summed E-state index contributed by atoms with van der Waals surface area (Å²) < 4.78 is 0. The van der Waals surface area contributed by atoms with Crippen LogP contribution < -0.4 is 5.32 Å². The second kappa shape index (κ2) is 5.66. The summed E-state index contributed by atoms with van der Waals surface area (Å²) in [7, 11) is 0. The first kappa shape index (κ1) is 13.3. The van der Waals surface area contributed by atoms with Crippen LogP contribution in [0, 0.1) is 26.7 Å². The zero-order valence-corrected chi connectivity index (χ0v) is 11.7. The molecule has 1 aliphatic heterocycles. The zero-order chi connectivity index (χ0) is 13.1. The molecule has 0 radical (unpaired) electrons. The first-order valence-electron chi connectivity index (χ1n) is 6.89. The molecule has 1 atom stereocenters. The molecule has 0 aliphatic carbocycles. The minimum Gasteiger partial charge on any atom is -0.316 e. The highest BCUT2D eigenvalue weighted by molar-refractivity contribution is 5.99. The standard InChI is InChI=1S/C16H23NO/c1-11-7-12(2)16(13(3)8-11)15(18)9-14-5-4-6-17-10-14/h7-8,14,17H,4-6,9-10H2,1-3H3. The van der Waals surface area contributed by atoms with E-state index < -0.39 is 0 Å². The minimum absolute atomic E-state index is 0.318. The van der Waals surface area contributed by atoms with Gasteiger partial charge < -0.3 is 5.32 Å². The number of aryl methyl sites for hydroxylation is 3. The van der Waals surface area contributed by atoms with Crippen molar-refractivity contribution in [2.45, 2.75) is 40.0 Å². The largest absolute Gasteiger partial charge is 0.316 e. The van der Waals surface area contributed by atoms with E-state index in [4.69, 9.17) is 0 Å². The molecular weight excluding hydrogens is 222 g/mol. The van der Waals surface area contributed by atoms with E-state index in [1.54, 1.807) is 0 Å². The monoisotopic (exact) mass is 245 g/mol.